The van der Waals surface area contributed by atoms with Gasteiger partial charge in [0.05, 0.1) is 6.07 Å². The minimum Gasteiger partial charge on any atom is -0.300 e. The lowest BCUT2D eigenvalue weighted by Gasteiger charge is -2.34. The van der Waals surface area contributed by atoms with Crippen LogP contribution in [0.5, 0.6) is 0 Å². The molecule has 0 radical (unpaired) electrons. The largest absolute Gasteiger partial charge is 0.300 e. The molecule has 0 bridgehead atoms. The van der Waals surface area contributed by atoms with Gasteiger partial charge in [-0.05, 0) is 52.6 Å². The first-order valence-corrected chi connectivity index (χ1v) is 6.98. The maximum absolute atomic E-state index is 9.30. The van der Waals surface area contributed by atoms with Crippen molar-refractivity contribution in [2.24, 2.45) is 0 Å². The molecule has 17 heavy (non-hydrogen) atoms. The Hall–Kier alpha value is -0.590. The Labute approximate surface area is 106 Å². The van der Waals surface area contributed by atoms with E-state index in [-0.39, 0.29) is 5.54 Å². The van der Waals surface area contributed by atoms with Crippen molar-refractivity contribution in [3.63, 3.8) is 0 Å². The molecule has 0 heterocycles. The molecule has 0 amide bonds. The van der Waals surface area contributed by atoms with Crippen molar-refractivity contribution in [3.8, 4) is 6.07 Å². The number of rotatable bonds is 8. The molecule has 2 atom stereocenters. The zero-order valence-electron chi connectivity index (χ0n) is 11.8. The highest BCUT2D eigenvalue weighted by Gasteiger charge is 2.35. The van der Waals surface area contributed by atoms with Crippen molar-refractivity contribution in [2.75, 3.05) is 13.1 Å². The van der Waals surface area contributed by atoms with Crippen molar-refractivity contribution in [3.05, 3.63) is 0 Å². The molecule has 0 spiro atoms. The van der Waals surface area contributed by atoms with Gasteiger partial charge in [-0.25, -0.2) is 0 Å². The Balaban J connectivity index is 2.55. The molecule has 3 nitrogen and oxygen atoms in total. The number of nitrogens with one attached hydrogen (secondary N) is 1. The normalized spacial score (nSPS) is 20.9. The van der Waals surface area contributed by atoms with Crippen molar-refractivity contribution in [1.29, 1.82) is 5.26 Å². The Bertz CT molecular complexity index is 267. The highest BCUT2D eigenvalue weighted by Crippen LogP contribution is 2.30. The van der Waals surface area contributed by atoms with Gasteiger partial charge in [-0.15, -0.1) is 0 Å². The molecule has 1 aliphatic carbocycles. The Morgan fingerprint density at radius 2 is 2.12 bits per heavy atom. The van der Waals surface area contributed by atoms with E-state index < -0.39 is 0 Å². The van der Waals surface area contributed by atoms with E-state index in [2.05, 4.69) is 37.1 Å². The molecule has 1 saturated carbocycles. The summed E-state index contributed by atoms with van der Waals surface area (Å²) in [6.07, 6.45) is 4.79. The molecule has 0 aromatic carbocycles. The fourth-order valence-electron chi connectivity index (χ4n) is 2.68. The minimum atomic E-state index is -0.380. The number of hydrogen-bond acceptors (Lipinski definition) is 3. The molecule has 98 valence electrons. The summed E-state index contributed by atoms with van der Waals surface area (Å²) >= 11 is 0. The van der Waals surface area contributed by atoms with Gasteiger partial charge < -0.3 is 0 Å². The van der Waals surface area contributed by atoms with Crippen LogP contribution in [0.3, 0.4) is 0 Å². The molecule has 1 fully saturated rings. The maximum atomic E-state index is 9.30. The number of nitriles is 1. The van der Waals surface area contributed by atoms with Crippen LogP contribution < -0.4 is 5.32 Å². The third-order valence-corrected chi connectivity index (χ3v) is 3.58. The highest BCUT2D eigenvalue weighted by atomic mass is 15.2. The van der Waals surface area contributed by atoms with Crippen molar-refractivity contribution in [1.82, 2.24) is 10.2 Å². The lowest BCUT2D eigenvalue weighted by Crippen LogP contribution is -2.47. The third kappa shape index (κ3) is 4.29. The van der Waals surface area contributed by atoms with E-state index in [1.807, 2.05) is 6.92 Å². The average Bonchev–Trinajstić information content (AvgIpc) is 3.10. The van der Waals surface area contributed by atoms with Crippen LogP contribution >= 0.6 is 0 Å². The van der Waals surface area contributed by atoms with E-state index in [1.54, 1.807) is 0 Å². The predicted molar refractivity (Wildman–Crippen MR) is 71.8 cm³/mol. The topological polar surface area (TPSA) is 39.1 Å². The van der Waals surface area contributed by atoms with Crippen molar-refractivity contribution in [2.45, 2.75) is 71.0 Å². The molecule has 0 aliphatic heterocycles. The van der Waals surface area contributed by atoms with E-state index >= 15 is 0 Å². The lowest BCUT2D eigenvalue weighted by atomic mass is 9.94. The van der Waals surface area contributed by atoms with Crippen LogP contribution in [0.15, 0.2) is 0 Å². The van der Waals surface area contributed by atoms with E-state index in [1.165, 1.54) is 25.8 Å². The van der Waals surface area contributed by atoms with Gasteiger partial charge in [0.1, 0.15) is 5.54 Å². The van der Waals surface area contributed by atoms with Crippen LogP contribution in [0.4, 0.5) is 0 Å². The summed E-state index contributed by atoms with van der Waals surface area (Å²) in [5, 5.41) is 12.6. The van der Waals surface area contributed by atoms with E-state index in [4.69, 9.17) is 0 Å². The summed E-state index contributed by atoms with van der Waals surface area (Å²) in [5.41, 5.74) is -0.380. The Kier molecular flexibility index (Phi) is 5.42. The van der Waals surface area contributed by atoms with Gasteiger partial charge in [-0.1, -0.05) is 13.8 Å². The van der Waals surface area contributed by atoms with Crippen molar-refractivity contribution < 1.29 is 0 Å². The van der Waals surface area contributed by atoms with Crippen molar-refractivity contribution >= 4 is 0 Å². The Morgan fingerprint density at radius 1 is 1.47 bits per heavy atom. The van der Waals surface area contributed by atoms with Gasteiger partial charge in [-0.2, -0.15) is 5.26 Å². The van der Waals surface area contributed by atoms with Crippen LogP contribution in [-0.4, -0.2) is 35.6 Å². The van der Waals surface area contributed by atoms with Gasteiger partial charge in [0.15, 0.2) is 0 Å². The fraction of sp³-hybridized carbons (Fsp3) is 0.929. The van der Waals surface area contributed by atoms with Crippen LogP contribution in [-0.2, 0) is 0 Å². The van der Waals surface area contributed by atoms with E-state index in [0.717, 1.165) is 19.0 Å². The highest BCUT2D eigenvalue weighted by molar-refractivity contribution is 5.06. The third-order valence-electron chi connectivity index (χ3n) is 3.58. The lowest BCUT2D eigenvalue weighted by molar-refractivity contribution is 0.168. The quantitative estimate of drug-likeness (QED) is 0.705. The molecule has 1 aliphatic rings. The summed E-state index contributed by atoms with van der Waals surface area (Å²) in [4.78, 5) is 2.59. The molecule has 2 unspecified atom stereocenters. The molecule has 1 N–H and O–H groups in total. The molecule has 1 rings (SSSR count). The molecule has 0 aromatic heterocycles. The van der Waals surface area contributed by atoms with E-state index in [0.29, 0.717) is 6.04 Å². The molecule has 0 aromatic rings. The predicted octanol–water partition coefficient (Wildman–Crippen LogP) is 2.53. The summed E-state index contributed by atoms with van der Waals surface area (Å²) in [5.74, 6) is 0. The second-order valence-electron chi connectivity index (χ2n) is 5.50. The standard InChI is InChI=1S/C14H27N3/c1-5-9-17(13-7-8-13)12(3)10-14(4,11-15)16-6-2/h12-13,16H,5-10H2,1-4H3. The molecular weight excluding hydrogens is 210 g/mol. The first kappa shape index (κ1) is 14.5. The minimum absolute atomic E-state index is 0.380. The summed E-state index contributed by atoms with van der Waals surface area (Å²) < 4.78 is 0. The average molecular weight is 237 g/mol. The van der Waals surface area contributed by atoms with E-state index in [9.17, 15) is 5.26 Å². The number of hydrogen-bond donors (Lipinski definition) is 1. The Morgan fingerprint density at radius 3 is 2.53 bits per heavy atom. The molecule has 0 saturated heterocycles. The van der Waals surface area contributed by atoms with Gasteiger partial charge >= 0.3 is 0 Å². The van der Waals surface area contributed by atoms with Crippen LogP contribution in [0.2, 0.25) is 0 Å². The molecule has 3 heteroatoms. The first-order valence-electron chi connectivity index (χ1n) is 6.98. The smallest absolute Gasteiger partial charge is 0.105 e. The van der Waals surface area contributed by atoms with Gasteiger partial charge in [-0.3, -0.25) is 10.2 Å². The van der Waals surface area contributed by atoms with Gasteiger partial charge in [0.2, 0.25) is 0 Å². The monoisotopic (exact) mass is 237 g/mol. The first-order chi connectivity index (χ1) is 8.06. The zero-order valence-corrected chi connectivity index (χ0v) is 11.8. The SMILES string of the molecule is CCCN(C(C)CC(C)(C#N)NCC)C1CC1. The maximum Gasteiger partial charge on any atom is 0.105 e. The van der Waals surface area contributed by atoms with Crippen LogP contribution in [0.25, 0.3) is 0 Å². The fourth-order valence-corrected chi connectivity index (χ4v) is 2.68. The van der Waals surface area contributed by atoms with Gasteiger partial charge in [0, 0.05) is 12.1 Å². The second kappa shape index (κ2) is 6.37. The summed E-state index contributed by atoms with van der Waals surface area (Å²) in [7, 11) is 0. The molecular formula is C14H27N3. The second-order valence-corrected chi connectivity index (χ2v) is 5.50. The summed E-state index contributed by atoms with van der Waals surface area (Å²) in [6, 6.07) is 3.71. The van der Waals surface area contributed by atoms with Crippen LogP contribution in [0.1, 0.15) is 53.4 Å². The summed E-state index contributed by atoms with van der Waals surface area (Å²) in [6.45, 7) is 10.6. The zero-order chi connectivity index (χ0) is 12.9. The van der Waals surface area contributed by atoms with Crippen LogP contribution in [0, 0.1) is 11.3 Å². The van der Waals surface area contributed by atoms with Gasteiger partial charge in [0.25, 0.3) is 0 Å². The number of nitrogens with zero attached hydrogens (tertiary/aromatic N) is 2.